The highest BCUT2D eigenvalue weighted by Crippen LogP contribution is 1.85. The third-order valence-electron chi connectivity index (χ3n) is 0.246. The van der Waals surface area contributed by atoms with Crippen LogP contribution in [0.3, 0.4) is 0 Å². The van der Waals surface area contributed by atoms with Gasteiger partial charge in [0.2, 0.25) is 0 Å². The van der Waals surface area contributed by atoms with E-state index in [1.807, 2.05) is 0 Å². The van der Waals surface area contributed by atoms with E-state index >= 15 is 0 Å². The molecule has 0 unspecified atom stereocenters. The summed E-state index contributed by atoms with van der Waals surface area (Å²) in [5.74, 6) is -2.56. The average molecular weight is 88.1 g/mol. The number of amides is 1. The number of hydrogen-bond donors (Lipinski definition) is 0. The number of nitrogens with one attached hydrogen (secondary N) is 1. The molecule has 0 fully saturated rings. The molecule has 0 spiro atoms. The molecule has 1 N–H and O–H groups in total. The molecule has 0 aliphatic carbocycles. The fourth-order valence-electron chi connectivity index (χ4n) is 0. The minimum Gasteiger partial charge on any atom is -0.265 e. The van der Waals surface area contributed by atoms with E-state index in [9.17, 15) is 9.18 Å². The van der Waals surface area contributed by atoms with Gasteiger partial charge in [0.25, 0.3) is 5.91 Å². The highest BCUT2D eigenvalue weighted by molar-refractivity contribution is 5.88. The molecule has 0 aromatic carbocycles. The molecular weight excluding hydrogens is 85.0 g/mol. The lowest BCUT2D eigenvalue weighted by molar-refractivity contribution is -0.116. The van der Waals surface area contributed by atoms with Crippen molar-refractivity contribution in [1.29, 1.82) is 0 Å². The molecule has 1 amide bonds. The first kappa shape index (κ1) is 5.14. The Balaban J connectivity index is 3.57. The summed E-state index contributed by atoms with van der Waals surface area (Å²) in [6.07, 6.45) is 0. The van der Waals surface area contributed by atoms with Crippen molar-refractivity contribution in [3.8, 4) is 0 Å². The Labute approximate surface area is 34.4 Å². The maximum absolute atomic E-state index is 11.1. The fraction of sp³-hybridized carbons (Fsp3) is 0. The van der Waals surface area contributed by atoms with Gasteiger partial charge >= 0.3 is 0 Å². The van der Waals surface area contributed by atoms with Gasteiger partial charge in [0.05, 0.1) is 0 Å². The van der Waals surface area contributed by atoms with Crippen molar-refractivity contribution in [2.45, 2.75) is 0 Å². The van der Waals surface area contributed by atoms with Gasteiger partial charge in [-0.05, 0) is 0 Å². The molecule has 0 aliphatic heterocycles. The van der Waals surface area contributed by atoms with Crippen molar-refractivity contribution in [2.24, 2.45) is 0 Å². The first-order valence-electron chi connectivity index (χ1n) is 1.25. The summed E-state index contributed by atoms with van der Waals surface area (Å²) in [5.41, 5.74) is 5.92. The Morgan fingerprint density at radius 3 is 2.00 bits per heavy atom. The Morgan fingerprint density at radius 2 is 2.00 bits per heavy atom. The summed E-state index contributed by atoms with van der Waals surface area (Å²) in [4.78, 5) is 9.34. The normalized spacial score (nSPS) is 7.50. The van der Waals surface area contributed by atoms with Crippen molar-refractivity contribution in [3.63, 3.8) is 0 Å². The molecule has 0 atom stereocenters. The van der Waals surface area contributed by atoms with E-state index in [0.717, 1.165) is 0 Å². The van der Waals surface area contributed by atoms with Crippen LogP contribution in [-0.2, 0) is 4.79 Å². The minimum absolute atomic E-state index is 1.21. The second-order valence-electron chi connectivity index (χ2n) is 0.734. The second-order valence-corrected chi connectivity index (χ2v) is 0.734. The summed E-state index contributed by atoms with van der Waals surface area (Å²) < 4.78 is 11.1. The van der Waals surface area contributed by atoms with Gasteiger partial charge in [0.1, 0.15) is 0 Å². The maximum Gasteiger partial charge on any atom is 0.297 e. The van der Waals surface area contributed by atoms with Crippen molar-refractivity contribution >= 4 is 5.91 Å². The number of rotatable bonds is 1. The molecular formula is C3H3FNO. The molecule has 0 aromatic heterocycles. The van der Waals surface area contributed by atoms with Gasteiger partial charge in [-0.15, -0.1) is 0 Å². The average Bonchev–Trinajstić information content (AvgIpc) is 1.36. The molecule has 6 heavy (non-hydrogen) atoms. The second kappa shape index (κ2) is 1.55. The zero-order valence-electron chi connectivity index (χ0n) is 2.99. The number of carbonyl (C=O) groups excluding carboxylic acids is 1. The standard InChI is InChI=1S/C3H3FNO/c1-2(4)3(5)6/h5H,1H2. The lowest BCUT2D eigenvalue weighted by Crippen LogP contribution is -1.94. The highest BCUT2D eigenvalue weighted by Gasteiger charge is 1.94. The summed E-state index contributed by atoms with van der Waals surface area (Å²) in [5, 5.41) is 0. The summed E-state index contributed by atoms with van der Waals surface area (Å²) in [7, 11) is 0. The summed E-state index contributed by atoms with van der Waals surface area (Å²) in [6.45, 7) is 2.55. The molecule has 0 saturated heterocycles. The van der Waals surface area contributed by atoms with E-state index in [-0.39, 0.29) is 0 Å². The van der Waals surface area contributed by atoms with E-state index in [2.05, 4.69) is 6.58 Å². The summed E-state index contributed by atoms with van der Waals surface area (Å²) >= 11 is 0. The molecule has 0 rings (SSSR count). The Hall–Kier alpha value is -0.860. The quantitative estimate of drug-likeness (QED) is 0.424. The lowest BCUT2D eigenvalue weighted by Gasteiger charge is -1.74. The van der Waals surface area contributed by atoms with Crippen LogP contribution < -0.4 is 5.73 Å². The van der Waals surface area contributed by atoms with Crippen molar-refractivity contribution in [3.05, 3.63) is 12.4 Å². The molecule has 3 heteroatoms. The van der Waals surface area contributed by atoms with Crippen LogP contribution in [0.4, 0.5) is 4.39 Å². The van der Waals surface area contributed by atoms with Gasteiger partial charge in [-0.25, -0.2) is 4.39 Å². The van der Waals surface area contributed by atoms with E-state index in [1.54, 1.807) is 0 Å². The first-order valence-corrected chi connectivity index (χ1v) is 1.25. The van der Waals surface area contributed by atoms with Gasteiger partial charge in [0.15, 0.2) is 5.83 Å². The molecule has 2 nitrogen and oxygen atoms in total. The van der Waals surface area contributed by atoms with Crippen molar-refractivity contribution in [1.82, 2.24) is 5.73 Å². The molecule has 0 aliphatic rings. The summed E-state index contributed by atoms with van der Waals surface area (Å²) in [6, 6.07) is 0. The van der Waals surface area contributed by atoms with E-state index in [0.29, 0.717) is 0 Å². The van der Waals surface area contributed by atoms with Crippen LogP contribution in [0.25, 0.3) is 0 Å². The monoisotopic (exact) mass is 88.0 g/mol. The smallest absolute Gasteiger partial charge is 0.265 e. The van der Waals surface area contributed by atoms with Crippen LogP contribution in [0.1, 0.15) is 0 Å². The molecule has 0 aromatic rings. The van der Waals surface area contributed by atoms with Crippen molar-refractivity contribution < 1.29 is 9.18 Å². The Morgan fingerprint density at radius 1 is 1.83 bits per heavy atom. The maximum atomic E-state index is 11.1. The Bertz CT molecular complexity index is 76.8. The predicted octanol–water partition coefficient (Wildman–Crippen LogP) is 0.279. The zero-order valence-corrected chi connectivity index (χ0v) is 2.99. The fourth-order valence-corrected chi connectivity index (χ4v) is 0. The third-order valence-corrected chi connectivity index (χ3v) is 0.246. The van der Waals surface area contributed by atoms with Gasteiger partial charge in [-0.3, -0.25) is 10.5 Å². The molecule has 33 valence electrons. The predicted molar refractivity (Wildman–Crippen MR) is 18.4 cm³/mol. The van der Waals surface area contributed by atoms with E-state index in [1.165, 1.54) is 0 Å². The lowest BCUT2D eigenvalue weighted by atomic mass is 10.6. The van der Waals surface area contributed by atoms with Crippen LogP contribution in [0.5, 0.6) is 0 Å². The molecule has 0 saturated carbocycles. The topological polar surface area (TPSA) is 40.9 Å². The Kier molecular flexibility index (Phi) is 1.32. The largest absolute Gasteiger partial charge is 0.297 e. The third kappa shape index (κ3) is 1.46. The van der Waals surface area contributed by atoms with Crippen LogP contribution in [0.15, 0.2) is 12.4 Å². The van der Waals surface area contributed by atoms with Gasteiger partial charge in [0, 0.05) is 0 Å². The van der Waals surface area contributed by atoms with Gasteiger partial charge in [-0.1, -0.05) is 6.58 Å². The number of hydrogen-bond acceptors (Lipinski definition) is 1. The minimum atomic E-state index is -1.35. The SMILES string of the molecule is C=C(F)C([NH])=O. The molecule has 0 heterocycles. The van der Waals surface area contributed by atoms with E-state index < -0.39 is 11.7 Å². The number of carbonyl (C=O) groups is 1. The zero-order chi connectivity index (χ0) is 5.15. The number of halogens is 1. The molecule has 0 bridgehead atoms. The van der Waals surface area contributed by atoms with Gasteiger partial charge < -0.3 is 0 Å². The van der Waals surface area contributed by atoms with Gasteiger partial charge in [-0.2, -0.15) is 0 Å². The first-order chi connectivity index (χ1) is 2.64. The molecule has 1 radical (unpaired) electrons. The van der Waals surface area contributed by atoms with E-state index in [4.69, 9.17) is 5.73 Å². The van der Waals surface area contributed by atoms with Crippen LogP contribution >= 0.6 is 0 Å². The van der Waals surface area contributed by atoms with Crippen LogP contribution in [-0.4, -0.2) is 5.91 Å². The van der Waals surface area contributed by atoms with Crippen molar-refractivity contribution in [2.75, 3.05) is 0 Å². The van der Waals surface area contributed by atoms with Crippen LogP contribution in [0.2, 0.25) is 0 Å². The highest BCUT2D eigenvalue weighted by atomic mass is 19.1. The van der Waals surface area contributed by atoms with Crippen LogP contribution in [0, 0.1) is 0 Å².